The van der Waals surface area contributed by atoms with E-state index in [4.69, 9.17) is 0 Å². The monoisotopic (exact) mass is 365 g/mol. The summed E-state index contributed by atoms with van der Waals surface area (Å²) in [5.41, 5.74) is 1.62. The van der Waals surface area contributed by atoms with E-state index in [1.807, 2.05) is 34.1 Å². The van der Waals surface area contributed by atoms with Crippen molar-refractivity contribution in [3.05, 3.63) is 29.8 Å². The van der Waals surface area contributed by atoms with E-state index in [9.17, 15) is 9.59 Å². The van der Waals surface area contributed by atoms with Gasteiger partial charge in [0.25, 0.3) is 5.91 Å². The maximum absolute atomic E-state index is 13.0. The van der Waals surface area contributed by atoms with Crippen LogP contribution >= 0.6 is 12.4 Å². The number of carbonyl (C=O) groups excluding carboxylic acids is 2. The van der Waals surface area contributed by atoms with E-state index in [1.54, 1.807) is 0 Å². The highest BCUT2D eigenvalue weighted by Crippen LogP contribution is 2.23. The molecule has 25 heavy (non-hydrogen) atoms. The second kappa shape index (κ2) is 9.20. The zero-order chi connectivity index (χ0) is 16.9. The average molecular weight is 366 g/mol. The number of halogens is 1. The highest BCUT2D eigenvalue weighted by molar-refractivity contribution is 5.97. The predicted molar refractivity (Wildman–Crippen MR) is 102 cm³/mol. The Kier molecular flexibility index (Phi) is 7.26. The Labute approximate surface area is 156 Å². The zero-order valence-electron chi connectivity index (χ0n) is 14.9. The Bertz CT molecular complexity index is 585. The Morgan fingerprint density at radius 3 is 2.48 bits per heavy atom. The molecular formula is C19H28ClN3O2. The average Bonchev–Trinajstić information content (AvgIpc) is 3.06. The quantitative estimate of drug-likeness (QED) is 0.872. The van der Waals surface area contributed by atoms with Crippen molar-refractivity contribution in [2.45, 2.75) is 45.1 Å². The first-order valence-corrected chi connectivity index (χ1v) is 9.13. The fourth-order valence-electron chi connectivity index (χ4n) is 3.68. The summed E-state index contributed by atoms with van der Waals surface area (Å²) in [4.78, 5) is 28.6. The number of piperidine rings is 1. The minimum atomic E-state index is 0. The summed E-state index contributed by atoms with van der Waals surface area (Å²) in [7, 11) is 0. The molecule has 2 amide bonds. The molecule has 2 fully saturated rings. The number of amides is 2. The number of hydrogen-bond donors (Lipinski definition) is 1. The van der Waals surface area contributed by atoms with E-state index in [0.717, 1.165) is 63.1 Å². The standard InChI is InChI=1S/C19H27N3O2.ClH/c1-2-13-22(17-9-11-20-12-10-17)19(24)15-5-7-16(8-6-15)21-14-3-4-18(21)23;/h5-8,17,20H,2-4,9-14H2,1H3;1H. The lowest BCUT2D eigenvalue weighted by atomic mass is 10.0. The number of rotatable bonds is 5. The molecule has 0 radical (unpaired) electrons. The first kappa shape index (κ1) is 19.7. The number of carbonyl (C=O) groups is 2. The highest BCUT2D eigenvalue weighted by atomic mass is 35.5. The van der Waals surface area contributed by atoms with E-state index in [2.05, 4.69) is 12.2 Å². The van der Waals surface area contributed by atoms with E-state index >= 15 is 0 Å². The van der Waals surface area contributed by atoms with Crippen LogP contribution in [0.15, 0.2) is 24.3 Å². The second-order valence-corrected chi connectivity index (χ2v) is 6.68. The molecule has 5 nitrogen and oxygen atoms in total. The maximum Gasteiger partial charge on any atom is 0.254 e. The van der Waals surface area contributed by atoms with Crippen molar-refractivity contribution in [2.75, 3.05) is 31.1 Å². The van der Waals surface area contributed by atoms with Gasteiger partial charge in [0.1, 0.15) is 0 Å². The van der Waals surface area contributed by atoms with Gasteiger partial charge in [-0.3, -0.25) is 9.59 Å². The summed E-state index contributed by atoms with van der Waals surface area (Å²) in [5, 5.41) is 3.36. The SMILES string of the molecule is CCCN(C(=O)c1ccc(N2CCCC2=O)cc1)C1CCNCC1.Cl. The van der Waals surface area contributed by atoms with Crippen LogP contribution in [0.5, 0.6) is 0 Å². The molecule has 2 heterocycles. The van der Waals surface area contributed by atoms with Gasteiger partial charge in [0.05, 0.1) is 0 Å². The molecular weight excluding hydrogens is 338 g/mol. The number of nitrogens with zero attached hydrogens (tertiary/aromatic N) is 2. The predicted octanol–water partition coefficient (Wildman–Crippen LogP) is 2.84. The molecule has 2 aliphatic rings. The van der Waals surface area contributed by atoms with Gasteiger partial charge in [-0.05, 0) is 63.0 Å². The third-order valence-electron chi connectivity index (χ3n) is 4.97. The number of nitrogens with one attached hydrogen (secondary N) is 1. The van der Waals surface area contributed by atoms with Crippen molar-refractivity contribution in [1.29, 1.82) is 0 Å². The molecule has 0 spiro atoms. The van der Waals surface area contributed by atoms with Crippen molar-refractivity contribution >= 4 is 29.9 Å². The fraction of sp³-hybridized carbons (Fsp3) is 0.579. The van der Waals surface area contributed by atoms with Crippen LogP contribution in [0.4, 0.5) is 5.69 Å². The minimum Gasteiger partial charge on any atom is -0.336 e. The molecule has 0 unspecified atom stereocenters. The van der Waals surface area contributed by atoms with Gasteiger partial charge < -0.3 is 15.1 Å². The third kappa shape index (κ3) is 4.53. The summed E-state index contributed by atoms with van der Waals surface area (Å²) < 4.78 is 0. The van der Waals surface area contributed by atoms with Gasteiger partial charge in [0.2, 0.25) is 5.91 Å². The molecule has 0 aliphatic carbocycles. The van der Waals surface area contributed by atoms with Gasteiger partial charge in [-0.2, -0.15) is 0 Å². The summed E-state index contributed by atoms with van der Waals surface area (Å²) >= 11 is 0. The molecule has 0 bridgehead atoms. The number of anilines is 1. The molecule has 1 aromatic carbocycles. The Balaban J connectivity index is 0.00000225. The molecule has 138 valence electrons. The largest absolute Gasteiger partial charge is 0.336 e. The van der Waals surface area contributed by atoms with Crippen LogP contribution in [0.25, 0.3) is 0 Å². The Morgan fingerprint density at radius 1 is 1.24 bits per heavy atom. The summed E-state index contributed by atoms with van der Waals surface area (Å²) in [5.74, 6) is 0.291. The highest BCUT2D eigenvalue weighted by Gasteiger charge is 2.26. The lowest BCUT2D eigenvalue weighted by Gasteiger charge is -2.34. The van der Waals surface area contributed by atoms with Crippen molar-refractivity contribution in [3.63, 3.8) is 0 Å². The molecule has 0 aromatic heterocycles. The molecule has 1 aromatic rings. The van der Waals surface area contributed by atoms with Crippen LogP contribution in [-0.4, -0.2) is 48.9 Å². The summed E-state index contributed by atoms with van der Waals surface area (Å²) in [6, 6.07) is 7.88. The first-order valence-electron chi connectivity index (χ1n) is 9.13. The fourth-order valence-corrected chi connectivity index (χ4v) is 3.68. The van der Waals surface area contributed by atoms with Gasteiger partial charge in [0, 0.05) is 36.8 Å². The molecule has 0 atom stereocenters. The van der Waals surface area contributed by atoms with E-state index < -0.39 is 0 Å². The van der Waals surface area contributed by atoms with Crippen molar-refractivity contribution in [2.24, 2.45) is 0 Å². The van der Waals surface area contributed by atoms with Crippen LogP contribution in [0, 0.1) is 0 Å². The lowest BCUT2D eigenvalue weighted by molar-refractivity contribution is -0.117. The van der Waals surface area contributed by atoms with E-state index in [0.29, 0.717) is 12.5 Å². The van der Waals surface area contributed by atoms with Crippen LogP contribution < -0.4 is 10.2 Å². The van der Waals surface area contributed by atoms with E-state index in [1.165, 1.54) is 0 Å². The van der Waals surface area contributed by atoms with Gasteiger partial charge in [-0.15, -0.1) is 12.4 Å². The molecule has 0 saturated carbocycles. The molecule has 2 saturated heterocycles. The molecule has 3 rings (SSSR count). The van der Waals surface area contributed by atoms with Crippen molar-refractivity contribution in [3.8, 4) is 0 Å². The van der Waals surface area contributed by atoms with Crippen LogP contribution in [-0.2, 0) is 4.79 Å². The summed E-state index contributed by atoms with van der Waals surface area (Å²) in [6.45, 7) is 5.66. The zero-order valence-corrected chi connectivity index (χ0v) is 15.7. The lowest BCUT2D eigenvalue weighted by Crippen LogP contribution is -2.46. The van der Waals surface area contributed by atoms with Crippen molar-refractivity contribution < 1.29 is 9.59 Å². The van der Waals surface area contributed by atoms with Crippen LogP contribution in [0.2, 0.25) is 0 Å². The van der Waals surface area contributed by atoms with Gasteiger partial charge >= 0.3 is 0 Å². The minimum absolute atomic E-state index is 0. The van der Waals surface area contributed by atoms with Crippen molar-refractivity contribution in [1.82, 2.24) is 10.2 Å². The normalized spacial score (nSPS) is 18.1. The molecule has 1 N–H and O–H groups in total. The topological polar surface area (TPSA) is 52.7 Å². The first-order chi connectivity index (χ1) is 11.7. The summed E-state index contributed by atoms with van der Waals surface area (Å²) in [6.07, 6.45) is 4.55. The Hall–Kier alpha value is -1.59. The number of hydrogen-bond acceptors (Lipinski definition) is 3. The second-order valence-electron chi connectivity index (χ2n) is 6.68. The number of benzene rings is 1. The van der Waals surface area contributed by atoms with Gasteiger partial charge in [-0.1, -0.05) is 6.92 Å². The van der Waals surface area contributed by atoms with Crippen LogP contribution in [0.1, 0.15) is 49.4 Å². The van der Waals surface area contributed by atoms with Gasteiger partial charge in [0.15, 0.2) is 0 Å². The Morgan fingerprint density at radius 2 is 1.92 bits per heavy atom. The molecule has 6 heteroatoms. The van der Waals surface area contributed by atoms with Crippen LogP contribution in [0.3, 0.4) is 0 Å². The third-order valence-corrected chi connectivity index (χ3v) is 4.97. The maximum atomic E-state index is 13.0. The smallest absolute Gasteiger partial charge is 0.254 e. The molecule has 2 aliphatic heterocycles. The van der Waals surface area contributed by atoms with Gasteiger partial charge in [-0.25, -0.2) is 0 Å². The van der Waals surface area contributed by atoms with E-state index in [-0.39, 0.29) is 24.2 Å².